The van der Waals surface area contributed by atoms with Crippen molar-refractivity contribution in [1.82, 2.24) is 4.72 Å². The summed E-state index contributed by atoms with van der Waals surface area (Å²) in [5, 5.41) is 0.486. The lowest BCUT2D eigenvalue weighted by Gasteiger charge is -2.20. The lowest BCUT2D eigenvalue weighted by Crippen LogP contribution is -2.28. The zero-order valence-corrected chi connectivity index (χ0v) is 17.7. The molecule has 0 radical (unpaired) electrons. The topological polar surface area (TPSA) is 72.5 Å². The van der Waals surface area contributed by atoms with E-state index in [0.717, 1.165) is 30.4 Å². The number of carbonyl (C=O) groups is 1. The van der Waals surface area contributed by atoms with Crippen molar-refractivity contribution in [1.29, 1.82) is 0 Å². The first kappa shape index (κ1) is 22.4. The predicted octanol–water partition coefficient (Wildman–Crippen LogP) is 4.66. The highest BCUT2D eigenvalue weighted by Crippen LogP contribution is 2.24. The zero-order chi connectivity index (χ0) is 20.6. The first-order valence-corrected chi connectivity index (χ1v) is 11.2. The molecule has 0 fully saturated rings. The fourth-order valence-electron chi connectivity index (χ4n) is 2.87. The molecule has 2 aromatic rings. The normalized spacial score (nSPS) is 12.5. The Hall–Kier alpha value is -1.89. The van der Waals surface area contributed by atoms with Gasteiger partial charge in [0.15, 0.2) is 0 Å². The largest absolute Gasteiger partial charge is 0.469 e. The van der Waals surface area contributed by atoms with Gasteiger partial charge in [0.1, 0.15) is 0 Å². The lowest BCUT2D eigenvalue weighted by molar-refractivity contribution is -0.139. The number of benzene rings is 2. The number of unbranched alkanes of at least 4 members (excludes halogenated alkanes) is 2. The number of esters is 1. The highest BCUT2D eigenvalue weighted by molar-refractivity contribution is 7.89. The molecule has 0 spiro atoms. The van der Waals surface area contributed by atoms with Crippen LogP contribution in [0.25, 0.3) is 0 Å². The number of carbonyl (C=O) groups excluding carboxylic acids is 1. The Bertz CT molecular complexity index is 864. The van der Waals surface area contributed by atoms with E-state index in [-0.39, 0.29) is 23.3 Å². The minimum Gasteiger partial charge on any atom is -0.469 e. The van der Waals surface area contributed by atoms with Gasteiger partial charge in [-0.3, -0.25) is 4.79 Å². The Morgan fingerprint density at radius 1 is 1.07 bits per heavy atom. The van der Waals surface area contributed by atoms with E-state index in [1.54, 1.807) is 12.1 Å². The van der Waals surface area contributed by atoms with Gasteiger partial charge in [0, 0.05) is 11.1 Å². The van der Waals surface area contributed by atoms with Gasteiger partial charge in [-0.2, -0.15) is 0 Å². The quantitative estimate of drug-likeness (QED) is 0.445. The van der Waals surface area contributed by atoms with E-state index < -0.39 is 10.0 Å². The van der Waals surface area contributed by atoms with Crippen LogP contribution in [0.4, 0.5) is 0 Å². The van der Waals surface area contributed by atoms with Crippen molar-refractivity contribution in [2.75, 3.05) is 7.11 Å². The second-order valence-electron chi connectivity index (χ2n) is 6.62. The van der Waals surface area contributed by atoms with Crippen molar-refractivity contribution in [2.24, 2.45) is 0 Å². The lowest BCUT2D eigenvalue weighted by atomic mass is 9.99. The standard InChI is InChI=1S/C21H26ClNO4S/c1-3-4-5-6-20(17-9-7-16(8-10-17)15-21(24)27-2)23-28(25,26)19-13-11-18(22)12-14-19/h7-14,20,23H,3-6,15H2,1-2H3. The van der Waals surface area contributed by atoms with Crippen LogP contribution >= 0.6 is 11.6 Å². The summed E-state index contributed by atoms with van der Waals surface area (Å²) in [5.41, 5.74) is 1.69. The summed E-state index contributed by atoms with van der Waals surface area (Å²) < 4.78 is 33.1. The number of methoxy groups -OCH3 is 1. The second kappa shape index (κ2) is 10.6. The van der Waals surface area contributed by atoms with Gasteiger partial charge in [-0.15, -0.1) is 0 Å². The third kappa shape index (κ3) is 6.62. The third-order valence-corrected chi connectivity index (χ3v) is 6.22. The molecule has 5 nitrogen and oxygen atoms in total. The molecule has 1 unspecified atom stereocenters. The summed E-state index contributed by atoms with van der Waals surface area (Å²) in [6, 6.07) is 13.1. The van der Waals surface area contributed by atoms with E-state index in [1.807, 2.05) is 24.3 Å². The van der Waals surface area contributed by atoms with Crippen LogP contribution in [-0.4, -0.2) is 21.5 Å². The molecule has 1 N–H and O–H groups in total. The number of halogens is 1. The highest BCUT2D eigenvalue weighted by atomic mass is 35.5. The van der Waals surface area contributed by atoms with E-state index in [4.69, 9.17) is 11.6 Å². The Kier molecular flexibility index (Phi) is 8.48. The van der Waals surface area contributed by atoms with Crippen LogP contribution in [-0.2, 0) is 26.0 Å². The molecule has 0 saturated carbocycles. The van der Waals surface area contributed by atoms with Gasteiger partial charge >= 0.3 is 5.97 Å². The fourth-order valence-corrected chi connectivity index (χ4v) is 4.25. The number of ether oxygens (including phenoxy) is 1. The van der Waals surface area contributed by atoms with Crippen molar-refractivity contribution >= 4 is 27.6 Å². The summed E-state index contributed by atoms with van der Waals surface area (Å²) in [7, 11) is -2.32. The van der Waals surface area contributed by atoms with Gasteiger partial charge in [-0.25, -0.2) is 13.1 Å². The second-order valence-corrected chi connectivity index (χ2v) is 8.77. The zero-order valence-electron chi connectivity index (χ0n) is 16.2. The average Bonchev–Trinajstić information content (AvgIpc) is 2.68. The van der Waals surface area contributed by atoms with Crippen LogP contribution in [0.3, 0.4) is 0 Å². The van der Waals surface area contributed by atoms with Crippen LogP contribution in [0.2, 0.25) is 5.02 Å². The Morgan fingerprint density at radius 2 is 1.71 bits per heavy atom. The molecule has 2 rings (SSSR count). The summed E-state index contributed by atoms with van der Waals surface area (Å²) in [6.45, 7) is 2.11. The van der Waals surface area contributed by atoms with E-state index in [9.17, 15) is 13.2 Å². The summed E-state index contributed by atoms with van der Waals surface area (Å²) in [6.07, 6.45) is 3.87. The monoisotopic (exact) mass is 423 g/mol. The molecule has 2 aromatic carbocycles. The molecule has 0 saturated heterocycles. The molecule has 7 heteroatoms. The molecule has 152 valence electrons. The highest BCUT2D eigenvalue weighted by Gasteiger charge is 2.21. The molecule has 0 aliphatic carbocycles. The molecule has 0 aromatic heterocycles. The first-order valence-electron chi connectivity index (χ1n) is 9.29. The van der Waals surface area contributed by atoms with Gasteiger partial charge in [0.05, 0.1) is 18.4 Å². The molecule has 0 aliphatic rings. The van der Waals surface area contributed by atoms with Crippen molar-refractivity contribution in [3.8, 4) is 0 Å². The molecule has 28 heavy (non-hydrogen) atoms. The molecule has 1 atom stereocenters. The summed E-state index contributed by atoms with van der Waals surface area (Å²) >= 11 is 5.86. The van der Waals surface area contributed by atoms with Crippen molar-refractivity contribution in [3.63, 3.8) is 0 Å². The number of sulfonamides is 1. The van der Waals surface area contributed by atoms with Crippen LogP contribution in [0, 0.1) is 0 Å². The van der Waals surface area contributed by atoms with Crippen LogP contribution in [0.15, 0.2) is 53.4 Å². The maximum absolute atomic E-state index is 12.8. The third-order valence-electron chi connectivity index (χ3n) is 4.48. The molecule has 0 bridgehead atoms. The van der Waals surface area contributed by atoms with Crippen molar-refractivity contribution in [2.45, 2.75) is 50.0 Å². The maximum atomic E-state index is 12.8. The number of hydrogen-bond donors (Lipinski definition) is 1. The van der Waals surface area contributed by atoms with Gasteiger partial charge in [-0.05, 0) is 41.8 Å². The van der Waals surface area contributed by atoms with E-state index in [2.05, 4.69) is 16.4 Å². The average molecular weight is 424 g/mol. The minimum atomic E-state index is -3.68. The van der Waals surface area contributed by atoms with Gasteiger partial charge < -0.3 is 4.74 Å². The van der Waals surface area contributed by atoms with E-state index >= 15 is 0 Å². The maximum Gasteiger partial charge on any atom is 0.309 e. The van der Waals surface area contributed by atoms with E-state index in [1.165, 1.54) is 19.2 Å². The van der Waals surface area contributed by atoms with Crippen molar-refractivity contribution in [3.05, 3.63) is 64.7 Å². The Labute approximate surface area is 172 Å². The molecular formula is C21H26ClNO4S. The minimum absolute atomic E-state index is 0.180. The predicted molar refractivity (Wildman–Crippen MR) is 111 cm³/mol. The number of hydrogen-bond acceptors (Lipinski definition) is 4. The molecular weight excluding hydrogens is 398 g/mol. The van der Waals surface area contributed by atoms with Gasteiger partial charge in [-0.1, -0.05) is 62.1 Å². The van der Waals surface area contributed by atoms with Crippen LogP contribution in [0.1, 0.15) is 49.8 Å². The number of nitrogens with one attached hydrogen (secondary N) is 1. The SMILES string of the molecule is CCCCCC(NS(=O)(=O)c1ccc(Cl)cc1)c1ccc(CC(=O)OC)cc1. The Morgan fingerprint density at radius 3 is 2.29 bits per heavy atom. The van der Waals surface area contributed by atoms with Crippen LogP contribution < -0.4 is 4.72 Å². The van der Waals surface area contributed by atoms with E-state index in [0.29, 0.717) is 11.4 Å². The molecule has 0 amide bonds. The van der Waals surface area contributed by atoms with Gasteiger partial charge in [0.2, 0.25) is 10.0 Å². The van der Waals surface area contributed by atoms with Crippen LogP contribution in [0.5, 0.6) is 0 Å². The Balaban J connectivity index is 2.21. The molecule has 0 aliphatic heterocycles. The molecule has 0 heterocycles. The summed E-state index contributed by atoms with van der Waals surface area (Å²) in [4.78, 5) is 11.6. The fraction of sp³-hybridized carbons (Fsp3) is 0.381. The first-order chi connectivity index (χ1) is 13.4. The van der Waals surface area contributed by atoms with Crippen molar-refractivity contribution < 1.29 is 17.9 Å². The number of rotatable bonds is 10. The van der Waals surface area contributed by atoms with Gasteiger partial charge in [0.25, 0.3) is 0 Å². The smallest absolute Gasteiger partial charge is 0.309 e. The summed E-state index contributed by atoms with van der Waals surface area (Å²) in [5.74, 6) is -0.310.